The summed E-state index contributed by atoms with van der Waals surface area (Å²) in [7, 11) is 0. The number of benzene rings is 3. The van der Waals surface area contributed by atoms with Crippen LogP contribution in [0.1, 0.15) is 23.7 Å². The lowest BCUT2D eigenvalue weighted by Gasteiger charge is -2.11. The van der Waals surface area contributed by atoms with Crippen LogP contribution in [0.5, 0.6) is 5.75 Å². The summed E-state index contributed by atoms with van der Waals surface area (Å²) in [6.45, 7) is 2.18. The molecule has 0 spiro atoms. The van der Waals surface area contributed by atoms with Gasteiger partial charge in [0, 0.05) is 10.2 Å². The first-order valence-corrected chi connectivity index (χ1v) is 10.6. The molecule has 0 saturated carbocycles. The number of esters is 1. The Kier molecular flexibility index (Phi) is 7.28. The summed E-state index contributed by atoms with van der Waals surface area (Å²) in [5.74, 6) is -0.0839. The van der Waals surface area contributed by atoms with Gasteiger partial charge in [0.25, 0.3) is 5.91 Å². The summed E-state index contributed by atoms with van der Waals surface area (Å²) < 4.78 is 12.5. The number of hydrogen-bond acceptors (Lipinski definition) is 4. The van der Waals surface area contributed by atoms with Crippen LogP contribution in [-0.2, 0) is 9.53 Å². The smallest absolute Gasteiger partial charge is 0.338 e. The van der Waals surface area contributed by atoms with Gasteiger partial charge in [0.05, 0.1) is 16.6 Å². The van der Waals surface area contributed by atoms with Crippen LogP contribution in [0.4, 0.5) is 5.69 Å². The van der Waals surface area contributed by atoms with E-state index in [1.807, 2.05) is 37.3 Å². The molecule has 0 aromatic heterocycles. The standard InChI is InChI=1S/C22H19Br2NO4/c1-2-11-28-22(27)14-3-7-17(8-4-14)25-20(26)13-29-19-10-5-15-12-16(23)6-9-18(15)21(19)24/h3-10,12H,2,11,13H2,1H3,(H,25,26). The predicted molar refractivity (Wildman–Crippen MR) is 120 cm³/mol. The van der Waals surface area contributed by atoms with Gasteiger partial charge < -0.3 is 14.8 Å². The fraction of sp³-hybridized carbons (Fsp3) is 0.182. The largest absolute Gasteiger partial charge is 0.483 e. The van der Waals surface area contributed by atoms with Crippen LogP contribution in [0.3, 0.4) is 0 Å². The Morgan fingerprint density at radius 2 is 1.76 bits per heavy atom. The van der Waals surface area contributed by atoms with E-state index in [1.165, 1.54) is 0 Å². The highest BCUT2D eigenvalue weighted by Crippen LogP contribution is 2.34. The van der Waals surface area contributed by atoms with Crippen molar-refractivity contribution in [3.8, 4) is 5.75 Å². The Hall–Kier alpha value is -2.38. The Morgan fingerprint density at radius 3 is 2.48 bits per heavy atom. The summed E-state index contributed by atoms with van der Waals surface area (Å²) in [5, 5.41) is 4.80. The Bertz CT molecular complexity index is 1030. The van der Waals surface area contributed by atoms with E-state index in [9.17, 15) is 9.59 Å². The molecule has 0 heterocycles. The molecule has 0 atom stereocenters. The van der Waals surface area contributed by atoms with E-state index in [-0.39, 0.29) is 18.5 Å². The van der Waals surface area contributed by atoms with Crippen molar-refractivity contribution in [3.63, 3.8) is 0 Å². The number of carbonyl (C=O) groups excluding carboxylic acids is 2. The molecule has 0 saturated heterocycles. The van der Waals surface area contributed by atoms with Crippen molar-refractivity contribution >= 4 is 60.2 Å². The third-order valence-corrected chi connectivity index (χ3v) is 5.39. The quantitative estimate of drug-likeness (QED) is 0.391. The molecule has 0 aliphatic heterocycles. The molecule has 0 unspecified atom stereocenters. The van der Waals surface area contributed by atoms with Gasteiger partial charge >= 0.3 is 5.97 Å². The molecule has 5 nitrogen and oxygen atoms in total. The van der Waals surface area contributed by atoms with E-state index < -0.39 is 0 Å². The molecule has 0 aliphatic carbocycles. The third kappa shape index (κ3) is 5.58. The van der Waals surface area contributed by atoms with E-state index in [4.69, 9.17) is 9.47 Å². The van der Waals surface area contributed by atoms with Crippen LogP contribution in [0.15, 0.2) is 63.5 Å². The maximum Gasteiger partial charge on any atom is 0.338 e. The van der Waals surface area contributed by atoms with E-state index in [1.54, 1.807) is 24.3 Å². The van der Waals surface area contributed by atoms with Crippen molar-refractivity contribution in [2.24, 2.45) is 0 Å². The van der Waals surface area contributed by atoms with E-state index in [2.05, 4.69) is 37.2 Å². The van der Waals surface area contributed by atoms with Crippen molar-refractivity contribution in [1.29, 1.82) is 0 Å². The average Bonchev–Trinajstić information content (AvgIpc) is 2.72. The number of ether oxygens (including phenoxy) is 2. The second kappa shape index (κ2) is 9.89. The first kappa shape index (κ1) is 21.3. The minimum atomic E-state index is -0.374. The minimum Gasteiger partial charge on any atom is -0.483 e. The van der Waals surface area contributed by atoms with Crippen molar-refractivity contribution in [2.45, 2.75) is 13.3 Å². The molecule has 29 heavy (non-hydrogen) atoms. The summed E-state index contributed by atoms with van der Waals surface area (Å²) in [6.07, 6.45) is 0.769. The second-order valence-electron chi connectivity index (χ2n) is 6.29. The molecule has 3 aromatic carbocycles. The molecule has 1 N–H and O–H groups in total. The molecular weight excluding hydrogens is 502 g/mol. The van der Waals surface area contributed by atoms with Crippen LogP contribution >= 0.6 is 31.9 Å². The minimum absolute atomic E-state index is 0.138. The summed E-state index contributed by atoms with van der Waals surface area (Å²) >= 11 is 7.00. The SMILES string of the molecule is CCCOC(=O)c1ccc(NC(=O)COc2ccc3cc(Br)ccc3c2Br)cc1. The van der Waals surface area contributed by atoms with E-state index in [0.717, 1.165) is 26.1 Å². The van der Waals surface area contributed by atoms with E-state index in [0.29, 0.717) is 23.6 Å². The number of nitrogens with one attached hydrogen (secondary N) is 1. The molecule has 0 bridgehead atoms. The van der Waals surface area contributed by atoms with Gasteiger partial charge in [0.1, 0.15) is 5.75 Å². The first-order valence-electron chi connectivity index (χ1n) is 9.05. The topological polar surface area (TPSA) is 64.6 Å². The van der Waals surface area contributed by atoms with Gasteiger partial charge in [-0.15, -0.1) is 0 Å². The highest BCUT2D eigenvalue weighted by molar-refractivity contribution is 9.11. The van der Waals surface area contributed by atoms with Gasteiger partial charge in [-0.25, -0.2) is 4.79 Å². The second-order valence-corrected chi connectivity index (χ2v) is 8.00. The summed E-state index contributed by atoms with van der Waals surface area (Å²) in [4.78, 5) is 24.0. The Labute approximate surface area is 185 Å². The zero-order chi connectivity index (χ0) is 20.8. The fourth-order valence-electron chi connectivity index (χ4n) is 2.66. The molecule has 3 rings (SSSR count). The number of anilines is 1. The molecule has 150 valence electrons. The molecule has 1 amide bonds. The van der Waals surface area contributed by atoms with Crippen LogP contribution in [-0.4, -0.2) is 25.1 Å². The lowest BCUT2D eigenvalue weighted by atomic mass is 10.1. The first-order chi connectivity index (χ1) is 14.0. The predicted octanol–water partition coefficient (Wildman–Crippen LogP) is 5.95. The van der Waals surface area contributed by atoms with Crippen LogP contribution in [0, 0.1) is 0 Å². The molecule has 0 radical (unpaired) electrons. The molecule has 0 fully saturated rings. The molecular formula is C22H19Br2NO4. The zero-order valence-corrected chi connectivity index (χ0v) is 18.9. The van der Waals surface area contributed by atoms with Crippen LogP contribution < -0.4 is 10.1 Å². The van der Waals surface area contributed by atoms with Gasteiger partial charge in [-0.3, -0.25) is 4.79 Å². The number of amides is 1. The third-order valence-electron chi connectivity index (χ3n) is 4.08. The summed E-state index contributed by atoms with van der Waals surface area (Å²) in [5.41, 5.74) is 1.02. The van der Waals surface area contributed by atoms with Crippen molar-refractivity contribution in [1.82, 2.24) is 0 Å². The van der Waals surface area contributed by atoms with Crippen LogP contribution in [0.25, 0.3) is 10.8 Å². The maximum atomic E-state index is 12.2. The number of fused-ring (bicyclic) bond motifs is 1. The van der Waals surface area contributed by atoms with Gasteiger partial charge in [-0.05, 0) is 75.6 Å². The Balaban J connectivity index is 1.59. The molecule has 7 heteroatoms. The van der Waals surface area contributed by atoms with Gasteiger partial charge in [0.2, 0.25) is 0 Å². The van der Waals surface area contributed by atoms with Gasteiger partial charge in [-0.2, -0.15) is 0 Å². The monoisotopic (exact) mass is 519 g/mol. The number of hydrogen-bond donors (Lipinski definition) is 1. The van der Waals surface area contributed by atoms with Gasteiger partial charge in [-0.1, -0.05) is 35.0 Å². The van der Waals surface area contributed by atoms with E-state index >= 15 is 0 Å². The molecule has 0 aliphatic rings. The Morgan fingerprint density at radius 1 is 1.00 bits per heavy atom. The normalized spacial score (nSPS) is 10.6. The summed E-state index contributed by atoms with van der Waals surface area (Å²) in [6, 6.07) is 16.2. The number of halogens is 2. The van der Waals surface area contributed by atoms with Crippen molar-refractivity contribution in [3.05, 3.63) is 69.1 Å². The molecule has 3 aromatic rings. The van der Waals surface area contributed by atoms with Gasteiger partial charge in [0.15, 0.2) is 6.61 Å². The highest BCUT2D eigenvalue weighted by Gasteiger charge is 2.11. The number of carbonyl (C=O) groups is 2. The highest BCUT2D eigenvalue weighted by atomic mass is 79.9. The van der Waals surface area contributed by atoms with Crippen LogP contribution in [0.2, 0.25) is 0 Å². The van der Waals surface area contributed by atoms with Crippen molar-refractivity contribution in [2.75, 3.05) is 18.5 Å². The fourth-order valence-corrected chi connectivity index (χ4v) is 3.65. The maximum absolute atomic E-state index is 12.2. The lowest BCUT2D eigenvalue weighted by molar-refractivity contribution is -0.118. The van der Waals surface area contributed by atoms with Crippen molar-refractivity contribution < 1.29 is 19.1 Å². The number of rotatable bonds is 7. The lowest BCUT2D eigenvalue weighted by Crippen LogP contribution is -2.20. The zero-order valence-electron chi connectivity index (χ0n) is 15.7. The average molecular weight is 521 g/mol.